The van der Waals surface area contributed by atoms with Crippen LogP contribution in [0.3, 0.4) is 0 Å². The van der Waals surface area contributed by atoms with Crippen molar-refractivity contribution in [2.24, 2.45) is 10.9 Å². The van der Waals surface area contributed by atoms with Crippen molar-refractivity contribution in [2.75, 3.05) is 13.7 Å². The van der Waals surface area contributed by atoms with Crippen LogP contribution >= 0.6 is 0 Å². The minimum Gasteiger partial charge on any atom is -0.378 e. The molecule has 0 amide bonds. The third-order valence-electron chi connectivity index (χ3n) is 1.54. The maximum atomic E-state index is 5.20. The highest BCUT2D eigenvalue weighted by Crippen LogP contribution is 2.00. The Kier molecular flexibility index (Phi) is 3.29. The molecule has 1 aromatic carbocycles. The summed E-state index contributed by atoms with van der Waals surface area (Å²) in [6.07, 6.45) is 0. The number of benzene rings is 1. The van der Waals surface area contributed by atoms with Gasteiger partial charge in [-0.05, 0) is 0 Å². The zero-order valence-electron chi connectivity index (χ0n) is 7.03. The van der Waals surface area contributed by atoms with Crippen molar-refractivity contribution in [3.05, 3.63) is 35.9 Å². The molecule has 12 heavy (non-hydrogen) atoms. The minimum atomic E-state index is 0.445. The molecule has 0 bridgehead atoms. The zero-order valence-corrected chi connectivity index (χ0v) is 7.03. The van der Waals surface area contributed by atoms with E-state index in [-0.39, 0.29) is 0 Å². The lowest BCUT2D eigenvalue weighted by atomic mass is 10.1. The zero-order chi connectivity index (χ0) is 8.81. The highest BCUT2D eigenvalue weighted by Gasteiger charge is 2.00. The average molecular weight is 164 g/mol. The number of ether oxygens (including phenoxy) is 1. The van der Waals surface area contributed by atoms with E-state index in [1.54, 1.807) is 7.11 Å². The van der Waals surface area contributed by atoms with Gasteiger partial charge in [-0.15, -0.1) is 0 Å². The van der Waals surface area contributed by atoms with Gasteiger partial charge in [-0.2, -0.15) is 5.10 Å². The standard InChI is InChI=1S/C9H12N2O/c1-12-7-9(11-10)8-5-3-2-4-6-8/h2-6H,7,10H2,1H3/b11-9-. The lowest BCUT2D eigenvalue weighted by Crippen LogP contribution is -2.10. The molecule has 3 nitrogen and oxygen atoms in total. The van der Waals surface area contributed by atoms with Crippen LogP contribution in [0.25, 0.3) is 0 Å². The molecule has 0 aliphatic heterocycles. The van der Waals surface area contributed by atoms with Crippen LogP contribution in [0.4, 0.5) is 0 Å². The summed E-state index contributed by atoms with van der Waals surface area (Å²) in [5.41, 5.74) is 1.76. The average Bonchev–Trinajstić information content (AvgIpc) is 2.15. The Labute approximate surface area is 71.8 Å². The van der Waals surface area contributed by atoms with Crippen LogP contribution in [-0.2, 0) is 4.74 Å². The first-order valence-electron chi connectivity index (χ1n) is 3.69. The van der Waals surface area contributed by atoms with E-state index in [2.05, 4.69) is 5.10 Å². The quantitative estimate of drug-likeness (QED) is 0.411. The van der Waals surface area contributed by atoms with Crippen molar-refractivity contribution in [3.63, 3.8) is 0 Å². The van der Waals surface area contributed by atoms with E-state index in [1.165, 1.54) is 0 Å². The van der Waals surface area contributed by atoms with Gasteiger partial charge < -0.3 is 10.6 Å². The van der Waals surface area contributed by atoms with Gasteiger partial charge in [0.15, 0.2) is 0 Å². The van der Waals surface area contributed by atoms with E-state index in [9.17, 15) is 0 Å². The fourth-order valence-corrected chi connectivity index (χ4v) is 0.962. The van der Waals surface area contributed by atoms with Crippen LogP contribution in [0.2, 0.25) is 0 Å². The Bertz CT molecular complexity index is 256. The summed E-state index contributed by atoms with van der Waals surface area (Å²) < 4.78 is 4.94. The van der Waals surface area contributed by atoms with E-state index >= 15 is 0 Å². The third-order valence-corrected chi connectivity index (χ3v) is 1.54. The Morgan fingerprint density at radius 3 is 2.58 bits per heavy atom. The highest BCUT2D eigenvalue weighted by molar-refractivity contribution is 6.01. The molecule has 0 aliphatic carbocycles. The largest absolute Gasteiger partial charge is 0.378 e. The van der Waals surface area contributed by atoms with E-state index in [0.717, 1.165) is 11.3 Å². The lowest BCUT2D eigenvalue weighted by molar-refractivity contribution is 0.245. The number of nitrogens with zero attached hydrogens (tertiary/aromatic N) is 1. The van der Waals surface area contributed by atoms with Crippen molar-refractivity contribution >= 4 is 5.71 Å². The molecule has 0 radical (unpaired) electrons. The molecule has 0 heterocycles. The van der Waals surface area contributed by atoms with Crippen LogP contribution in [-0.4, -0.2) is 19.4 Å². The van der Waals surface area contributed by atoms with Gasteiger partial charge in [0, 0.05) is 12.7 Å². The van der Waals surface area contributed by atoms with Crippen molar-refractivity contribution < 1.29 is 4.74 Å². The molecule has 2 N–H and O–H groups in total. The predicted octanol–water partition coefficient (Wildman–Crippen LogP) is 0.996. The summed E-state index contributed by atoms with van der Waals surface area (Å²) in [6, 6.07) is 9.73. The summed E-state index contributed by atoms with van der Waals surface area (Å²) in [4.78, 5) is 0. The molecular weight excluding hydrogens is 152 g/mol. The molecule has 0 aliphatic rings. The topological polar surface area (TPSA) is 47.6 Å². The summed E-state index contributed by atoms with van der Waals surface area (Å²) >= 11 is 0. The Morgan fingerprint density at radius 1 is 1.42 bits per heavy atom. The number of methoxy groups -OCH3 is 1. The number of hydrazone groups is 1. The summed E-state index contributed by atoms with van der Waals surface area (Å²) in [5, 5.41) is 3.64. The first-order valence-corrected chi connectivity index (χ1v) is 3.69. The van der Waals surface area contributed by atoms with Crippen molar-refractivity contribution in [2.45, 2.75) is 0 Å². The van der Waals surface area contributed by atoms with E-state index in [0.29, 0.717) is 6.61 Å². The van der Waals surface area contributed by atoms with Gasteiger partial charge in [-0.25, -0.2) is 0 Å². The second-order valence-corrected chi connectivity index (χ2v) is 2.37. The molecule has 0 fully saturated rings. The maximum Gasteiger partial charge on any atom is 0.0929 e. The van der Waals surface area contributed by atoms with Gasteiger partial charge in [-0.3, -0.25) is 0 Å². The van der Waals surface area contributed by atoms with Gasteiger partial charge in [0.2, 0.25) is 0 Å². The predicted molar refractivity (Wildman–Crippen MR) is 49.0 cm³/mol. The van der Waals surface area contributed by atoms with Crippen LogP contribution in [0.5, 0.6) is 0 Å². The molecule has 0 unspecified atom stereocenters. The molecule has 1 rings (SSSR count). The molecular formula is C9H12N2O. The monoisotopic (exact) mass is 164 g/mol. The fraction of sp³-hybridized carbons (Fsp3) is 0.222. The number of hydrogen-bond donors (Lipinski definition) is 1. The summed E-state index contributed by atoms with van der Waals surface area (Å²) in [5.74, 6) is 5.20. The highest BCUT2D eigenvalue weighted by atomic mass is 16.5. The third kappa shape index (κ3) is 2.07. The van der Waals surface area contributed by atoms with E-state index < -0.39 is 0 Å². The van der Waals surface area contributed by atoms with Crippen molar-refractivity contribution in [3.8, 4) is 0 Å². The summed E-state index contributed by atoms with van der Waals surface area (Å²) in [7, 11) is 1.62. The van der Waals surface area contributed by atoms with Crippen LogP contribution < -0.4 is 5.84 Å². The first kappa shape index (κ1) is 8.74. The summed E-state index contributed by atoms with van der Waals surface area (Å²) in [6.45, 7) is 0.445. The Hall–Kier alpha value is -1.35. The first-order chi connectivity index (χ1) is 5.88. The van der Waals surface area contributed by atoms with E-state index in [1.807, 2.05) is 30.3 Å². The van der Waals surface area contributed by atoms with Crippen LogP contribution in [0.1, 0.15) is 5.56 Å². The molecule has 1 aromatic rings. The van der Waals surface area contributed by atoms with Crippen molar-refractivity contribution in [1.82, 2.24) is 0 Å². The lowest BCUT2D eigenvalue weighted by Gasteiger charge is -2.02. The molecule has 0 atom stereocenters. The van der Waals surface area contributed by atoms with E-state index in [4.69, 9.17) is 10.6 Å². The number of hydrogen-bond acceptors (Lipinski definition) is 3. The maximum absolute atomic E-state index is 5.20. The smallest absolute Gasteiger partial charge is 0.0929 e. The minimum absolute atomic E-state index is 0.445. The fourth-order valence-electron chi connectivity index (χ4n) is 0.962. The molecule has 64 valence electrons. The number of nitrogens with two attached hydrogens (primary N) is 1. The second-order valence-electron chi connectivity index (χ2n) is 2.37. The van der Waals surface area contributed by atoms with Gasteiger partial charge in [0.25, 0.3) is 0 Å². The second kappa shape index (κ2) is 4.51. The van der Waals surface area contributed by atoms with Gasteiger partial charge in [0.05, 0.1) is 12.3 Å². The molecule has 0 saturated carbocycles. The Balaban J connectivity index is 2.82. The SMILES string of the molecule is COC/C(=N/N)c1ccccc1. The normalized spacial score (nSPS) is 11.6. The molecule has 0 saturated heterocycles. The van der Waals surface area contributed by atoms with Crippen molar-refractivity contribution in [1.29, 1.82) is 0 Å². The molecule has 0 aromatic heterocycles. The number of rotatable bonds is 3. The Morgan fingerprint density at radius 2 is 2.08 bits per heavy atom. The molecule has 0 spiro atoms. The van der Waals surface area contributed by atoms with Crippen LogP contribution in [0, 0.1) is 0 Å². The van der Waals surface area contributed by atoms with Crippen LogP contribution in [0.15, 0.2) is 35.4 Å². The van der Waals surface area contributed by atoms with Gasteiger partial charge in [0.1, 0.15) is 0 Å². The molecule has 3 heteroatoms. The van der Waals surface area contributed by atoms with Gasteiger partial charge >= 0.3 is 0 Å². The van der Waals surface area contributed by atoms with Gasteiger partial charge in [-0.1, -0.05) is 30.3 Å².